The van der Waals surface area contributed by atoms with E-state index in [-0.39, 0.29) is 11.8 Å². The van der Waals surface area contributed by atoms with E-state index in [1.54, 1.807) is 6.07 Å². The number of carbonyl (C=O) groups excluding carboxylic acids is 2. The van der Waals surface area contributed by atoms with Crippen LogP contribution in [-0.2, 0) is 4.79 Å². The molecular weight excluding hydrogens is 340 g/mol. The first kappa shape index (κ1) is 19.7. The van der Waals surface area contributed by atoms with Crippen molar-refractivity contribution in [3.8, 4) is 0 Å². The molecule has 2 aliphatic heterocycles. The quantitative estimate of drug-likeness (QED) is 0.822. The minimum absolute atomic E-state index is 0.0319. The third-order valence-corrected chi connectivity index (χ3v) is 5.73. The summed E-state index contributed by atoms with van der Waals surface area (Å²) in [6.45, 7) is 11.3. The van der Waals surface area contributed by atoms with E-state index in [2.05, 4.69) is 18.7 Å². The van der Waals surface area contributed by atoms with E-state index < -0.39 is 0 Å². The van der Waals surface area contributed by atoms with Crippen LogP contribution in [0.5, 0.6) is 0 Å². The Morgan fingerprint density at radius 3 is 2.30 bits per heavy atom. The van der Waals surface area contributed by atoms with Crippen LogP contribution in [-0.4, -0.2) is 72.3 Å². The van der Waals surface area contributed by atoms with E-state index in [4.69, 9.17) is 5.73 Å². The van der Waals surface area contributed by atoms with Crippen LogP contribution in [0.2, 0.25) is 0 Å². The molecule has 2 atom stereocenters. The number of hydrogen-bond donors (Lipinski definition) is 1. The number of rotatable bonds is 3. The van der Waals surface area contributed by atoms with Gasteiger partial charge in [0, 0.05) is 50.5 Å². The second-order valence-electron chi connectivity index (χ2n) is 8.39. The first-order chi connectivity index (χ1) is 12.8. The van der Waals surface area contributed by atoms with Gasteiger partial charge in [-0.15, -0.1) is 0 Å². The molecule has 0 spiro atoms. The number of anilines is 1. The lowest BCUT2D eigenvalue weighted by Crippen LogP contribution is -2.53. The zero-order valence-corrected chi connectivity index (χ0v) is 16.8. The molecule has 2 amide bonds. The average molecular weight is 373 g/mol. The standard InChI is InChI=1S/C21H32N4O2/c1-15-10-16(2)13-25(12-15)20(26)14-23-6-8-24(9-7-23)21(27)19-11-18(22)5-4-17(19)3/h4-5,11,15-16H,6-10,12-14,22H2,1-3H3. The van der Waals surface area contributed by atoms with Gasteiger partial charge in [0.1, 0.15) is 0 Å². The highest BCUT2D eigenvalue weighted by molar-refractivity contribution is 5.96. The Kier molecular flexibility index (Phi) is 6.05. The maximum atomic E-state index is 12.8. The molecule has 2 saturated heterocycles. The Bertz CT molecular complexity index is 687. The van der Waals surface area contributed by atoms with Crippen molar-refractivity contribution in [1.29, 1.82) is 0 Å². The van der Waals surface area contributed by atoms with Crippen LogP contribution in [0.1, 0.15) is 36.2 Å². The molecule has 6 heteroatoms. The molecule has 148 valence electrons. The highest BCUT2D eigenvalue weighted by atomic mass is 16.2. The molecule has 0 bridgehead atoms. The average Bonchev–Trinajstić information content (AvgIpc) is 2.63. The van der Waals surface area contributed by atoms with Crippen molar-refractivity contribution in [2.75, 3.05) is 51.5 Å². The number of nitrogens with zero attached hydrogens (tertiary/aromatic N) is 3. The molecule has 2 unspecified atom stereocenters. The molecule has 0 aromatic heterocycles. The smallest absolute Gasteiger partial charge is 0.254 e. The molecular formula is C21H32N4O2. The summed E-state index contributed by atoms with van der Waals surface area (Å²) in [6.07, 6.45) is 1.20. The molecule has 0 radical (unpaired) electrons. The van der Waals surface area contributed by atoms with Gasteiger partial charge in [-0.05, 0) is 42.9 Å². The summed E-state index contributed by atoms with van der Waals surface area (Å²) in [6, 6.07) is 5.46. The Hall–Kier alpha value is -2.08. The van der Waals surface area contributed by atoms with Gasteiger partial charge < -0.3 is 15.5 Å². The molecule has 1 aromatic carbocycles. The van der Waals surface area contributed by atoms with Gasteiger partial charge in [-0.1, -0.05) is 19.9 Å². The summed E-state index contributed by atoms with van der Waals surface area (Å²) in [4.78, 5) is 31.5. The number of amides is 2. The van der Waals surface area contributed by atoms with Crippen molar-refractivity contribution in [1.82, 2.24) is 14.7 Å². The zero-order chi connectivity index (χ0) is 19.6. The van der Waals surface area contributed by atoms with E-state index in [0.29, 0.717) is 42.7 Å². The van der Waals surface area contributed by atoms with Gasteiger partial charge in [0.15, 0.2) is 0 Å². The van der Waals surface area contributed by atoms with Crippen molar-refractivity contribution in [3.05, 3.63) is 29.3 Å². The molecule has 0 aliphatic carbocycles. The Morgan fingerprint density at radius 2 is 1.67 bits per heavy atom. The van der Waals surface area contributed by atoms with Gasteiger partial charge in [-0.2, -0.15) is 0 Å². The fraction of sp³-hybridized carbons (Fsp3) is 0.619. The number of hydrogen-bond acceptors (Lipinski definition) is 4. The number of piperazine rings is 1. The minimum atomic E-state index is 0.0319. The highest BCUT2D eigenvalue weighted by Gasteiger charge is 2.28. The predicted molar refractivity (Wildman–Crippen MR) is 107 cm³/mol. The number of nitrogens with two attached hydrogens (primary N) is 1. The van der Waals surface area contributed by atoms with E-state index in [0.717, 1.165) is 31.7 Å². The van der Waals surface area contributed by atoms with Crippen LogP contribution < -0.4 is 5.73 Å². The molecule has 27 heavy (non-hydrogen) atoms. The van der Waals surface area contributed by atoms with Gasteiger partial charge in [0.25, 0.3) is 5.91 Å². The molecule has 2 fully saturated rings. The maximum Gasteiger partial charge on any atom is 0.254 e. The lowest BCUT2D eigenvalue weighted by Gasteiger charge is -2.38. The summed E-state index contributed by atoms with van der Waals surface area (Å²) in [5.41, 5.74) is 8.07. The van der Waals surface area contributed by atoms with Gasteiger partial charge >= 0.3 is 0 Å². The molecule has 6 nitrogen and oxygen atoms in total. The van der Waals surface area contributed by atoms with Crippen molar-refractivity contribution in [3.63, 3.8) is 0 Å². The summed E-state index contributed by atoms with van der Waals surface area (Å²) in [5.74, 6) is 1.41. The first-order valence-electron chi connectivity index (χ1n) is 9.99. The number of nitrogen functional groups attached to an aromatic ring is 1. The Balaban J connectivity index is 1.52. The van der Waals surface area contributed by atoms with Crippen molar-refractivity contribution >= 4 is 17.5 Å². The monoisotopic (exact) mass is 372 g/mol. The van der Waals surface area contributed by atoms with E-state index >= 15 is 0 Å². The fourth-order valence-electron chi connectivity index (χ4n) is 4.31. The summed E-state index contributed by atoms with van der Waals surface area (Å²) in [5, 5.41) is 0. The van der Waals surface area contributed by atoms with Crippen molar-refractivity contribution < 1.29 is 9.59 Å². The molecule has 3 rings (SSSR count). The number of benzene rings is 1. The number of piperidine rings is 1. The third kappa shape index (κ3) is 4.80. The number of carbonyl (C=O) groups is 2. The van der Waals surface area contributed by atoms with Crippen molar-refractivity contribution in [2.45, 2.75) is 27.2 Å². The highest BCUT2D eigenvalue weighted by Crippen LogP contribution is 2.21. The number of likely N-dealkylation sites (tertiary alicyclic amines) is 1. The van der Waals surface area contributed by atoms with Crippen LogP contribution in [0.15, 0.2) is 18.2 Å². The lowest BCUT2D eigenvalue weighted by atomic mass is 9.92. The van der Waals surface area contributed by atoms with Crippen LogP contribution in [0.25, 0.3) is 0 Å². The van der Waals surface area contributed by atoms with Crippen LogP contribution in [0.3, 0.4) is 0 Å². The Labute approximate surface area is 162 Å². The maximum absolute atomic E-state index is 12.8. The van der Waals surface area contributed by atoms with Crippen molar-refractivity contribution in [2.24, 2.45) is 11.8 Å². The topological polar surface area (TPSA) is 69.9 Å². The van der Waals surface area contributed by atoms with Crippen LogP contribution in [0, 0.1) is 18.8 Å². The number of aryl methyl sites for hydroxylation is 1. The van der Waals surface area contributed by atoms with Crippen LogP contribution >= 0.6 is 0 Å². The van der Waals surface area contributed by atoms with E-state index in [9.17, 15) is 9.59 Å². The summed E-state index contributed by atoms with van der Waals surface area (Å²) < 4.78 is 0. The second kappa shape index (κ2) is 8.30. The largest absolute Gasteiger partial charge is 0.399 e. The molecule has 2 heterocycles. The van der Waals surface area contributed by atoms with Gasteiger partial charge in [-0.3, -0.25) is 14.5 Å². The van der Waals surface area contributed by atoms with E-state index in [1.165, 1.54) is 6.42 Å². The zero-order valence-electron chi connectivity index (χ0n) is 16.8. The minimum Gasteiger partial charge on any atom is -0.399 e. The van der Waals surface area contributed by atoms with Gasteiger partial charge in [0.2, 0.25) is 5.91 Å². The normalized spacial score (nSPS) is 24.1. The van der Waals surface area contributed by atoms with Gasteiger partial charge in [0.05, 0.1) is 6.54 Å². The molecule has 2 aliphatic rings. The van der Waals surface area contributed by atoms with Crippen LogP contribution in [0.4, 0.5) is 5.69 Å². The summed E-state index contributed by atoms with van der Waals surface area (Å²) >= 11 is 0. The lowest BCUT2D eigenvalue weighted by molar-refractivity contribution is -0.135. The first-order valence-corrected chi connectivity index (χ1v) is 9.99. The SMILES string of the molecule is Cc1ccc(N)cc1C(=O)N1CCN(CC(=O)N2CC(C)CC(C)C2)CC1. The third-order valence-electron chi connectivity index (χ3n) is 5.73. The summed E-state index contributed by atoms with van der Waals surface area (Å²) in [7, 11) is 0. The van der Waals surface area contributed by atoms with E-state index in [1.807, 2.05) is 28.9 Å². The Morgan fingerprint density at radius 1 is 1.04 bits per heavy atom. The molecule has 1 aromatic rings. The predicted octanol–water partition coefficient (Wildman–Crippen LogP) is 1.84. The van der Waals surface area contributed by atoms with Gasteiger partial charge in [-0.25, -0.2) is 0 Å². The molecule has 2 N–H and O–H groups in total. The fourth-order valence-corrected chi connectivity index (χ4v) is 4.31. The molecule has 0 saturated carbocycles. The second-order valence-corrected chi connectivity index (χ2v) is 8.39.